The van der Waals surface area contributed by atoms with Crippen molar-refractivity contribution in [2.75, 3.05) is 19.6 Å². The van der Waals surface area contributed by atoms with E-state index in [0.29, 0.717) is 5.92 Å². The van der Waals surface area contributed by atoms with E-state index in [9.17, 15) is 4.79 Å². The van der Waals surface area contributed by atoms with Gasteiger partial charge in [0.25, 0.3) is 5.91 Å². The van der Waals surface area contributed by atoms with Gasteiger partial charge < -0.3 is 10.3 Å². The van der Waals surface area contributed by atoms with Crippen molar-refractivity contribution in [3.63, 3.8) is 0 Å². The van der Waals surface area contributed by atoms with Crippen LogP contribution in [0.4, 0.5) is 0 Å². The Balaban J connectivity index is 1.39. The molecule has 3 heterocycles. The van der Waals surface area contributed by atoms with E-state index in [2.05, 4.69) is 20.2 Å². The maximum atomic E-state index is 11.9. The SMILES string of the molecule is Cc1ncc(CN2CCC(CNC(=O)c3cccs3)CC2)[nH]1. The van der Waals surface area contributed by atoms with Crippen LogP contribution in [0.25, 0.3) is 0 Å². The molecule has 0 aliphatic carbocycles. The maximum absolute atomic E-state index is 11.9. The Kier molecular flexibility index (Phi) is 4.90. The molecule has 0 atom stereocenters. The van der Waals surface area contributed by atoms with Crippen LogP contribution in [-0.2, 0) is 6.54 Å². The number of nitrogens with one attached hydrogen (secondary N) is 2. The minimum Gasteiger partial charge on any atom is -0.351 e. The first-order valence-corrected chi connectivity index (χ1v) is 8.63. The molecule has 6 heteroatoms. The molecule has 1 fully saturated rings. The van der Waals surface area contributed by atoms with Crippen molar-refractivity contribution in [2.45, 2.75) is 26.3 Å². The Morgan fingerprint density at radius 1 is 1.50 bits per heavy atom. The van der Waals surface area contributed by atoms with Gasteiger partial charge in [0.15, 0.2) is 0 Å². The predicted octanol–water partition coefficient (Wildman–Crippen LogP) is 2.42. The molecule has 0 radical (unpaired) electrons. The highest BCUT2D eigenvalue weighted by atomic mass is 32.1. The number of H-pyrrole nitrogens is 1. The molecule has 0 saturated carbocycles. The van der Waals surface area contributed by atoms with E-state index in [0.717, 1.165) is 49.7 Å². The zero-order valence-electron chi connectivity index (χ0n) is 12.8. The number of aromatic amines is 1. The number of aromatic nitrogens is 2. The normalized spacial score (nSPS) is 16.8. The van der Waals surface area contributed by atoms with Gasteiger partial charge in [0.05, 0.1) is 4.88 Å². The van der Waals surface area contributed by atoms with Crippen LogP contribution in [0, 0.1) is 12.8 Å². The number of imidazole rings is 1. The van der Waals surface area contributed by atoms with Gasteiger partial charge >= 0.3 is 0 Å². The number of thiophene rings is 1. The zero-order chi connectivity index (χ0) is 15.4. The molecule has 0 aromatic carbocycles. The molecule has 22 heavy (non-hydrogen) atoms. The Morgan fingerprint density at radius 2 is 2.32 bits per heavy atom. The third-order valence-electron chi connectivity index (χ3n) is 4.15. The molecule has 0 unspecified atom stereocenters. The van der Waals surface area contributed by atoms with Gasteiger partial charge in [-0.2, -0.15) is 0 Å². The van der Waals surface area contributed by atoms with Gasteiger partial charge in [-0.3, -0.25) is 9.69 Å². The van der Waals surface area contributed by atoms with Gasteiger partial charge in [0.2, 0.25) is 0 Å². The summed E-state index contributed by atoms with van der Waals surface area (Å²) in [4.78, 5) is 22.7. The Morgan fingerprint density at radius 3 is 2.95 bits per heavy atom. The molecule has 1 saturated heterocycles. The van der Waals surface area contributed by atoms with Crippen molar-refractivity contribution in [2.24, 2.45) is 5.92 Å². The van der Waals surface area contributed by atoms with Crippen LogP contribution in [0.15, 0.2) is 23.7 Å². The lowest BCUT2D eigenvalue weighted by Crippen LogP contribution is -2.38. The summed E-state index contributed by atoms with van der Waals surface area (Å²) < 4.78 is 0. The highest BCUT2D eigenvalue weighted by Crippen LogP contribution is 2.18. The second-order valence-electron chi connectivity index (χ2n) is 5.90. The van der Waals surface area contributed by atoms with E-state index in [-0.39, 0.29) is 5.91 Å². The topological polar surface area (TPSA) is 61.0 Å². The van der Waals surface area contributed by atoms with Gasteiger partial charge in [-0.25, -0.2) is 4.98 Å². The number of carbonyl (C=O) groups excluding carboxylic acids is 1. The van der Waals surface area contributed by atoms with E-state index >= 15 is 0 Å². The van der Waals surface area contributed by atoms with Crippen LogP contribution in [0.1, 0.15) is 34.0 Å². The second kappa shape index (κ2) is 7.07. The lowest BCUT2D eigenvalue weighted by atomic mass is 9.96. The molecular formula is C16H22N4OS. The standard InChI is InChI=1S/C16H22N4OS/c1-12-17-10-14(19-12)11-20-6-4-13(5-7-20)9-18-16(21)15-3-2-8-22-15/h2-3,8,10,13H,4-7,9,11H2,1H3,(H,17,19)(H,18,21). The minimum atomic E-state index is 0.0605. The minimum absolute atomic E-state index is 0.0605. The number of piperidine rings is 1. The number of aryl methyl sites for hydroxylation is 1. The number of likely N-dealkylation sites (tertiary alicyclic amines) is 1. The van der Waals surface area contributed by atoms with Crippen molar-refractivity contribution in [3.05, 3.63) is 40.1 Å². The van der Waals surface area contributed by atoms with Gasteiger partial charge in [-0.15, -0.1) is 11.3 Å². The molecule has 3 rings (SSSR count). The lowest BCUT2D eigenvalue weighted by Gasteiger charge is -2.31. The van der Waals surface area contributed by atoms with Crippen molar-refractivity contribution in [1.82, 2.24) is 20.2 Å². The second-order valence-corrected chi connectivity index (χ2v) is 6.85. The summed E-state index contributed by atoms with van der Waals surface area (Å²) in [7, 11) is 0. The monoisotopic (exact) mass is 318 g/mol. The van der Waals surface area contributed by atoms with E-state index in [1.165, 1.54) is 17.0 Å². The van der Waals surface area contributed by atoms with E-state index in [1.54, 1.807) is 0 Å². The number of hydrogen-bond acceptors (Lipinski definition) is 4. The van der Waals surface area contributed by atoms with Crippen LogP contribution < -0.4 is 5.32 Å². The van der Waals surface area contributed by atoms with Crippen molar-refractivity contribution >= 4 is 17.2 Å². The first-order chi connectivity index (χ1) is 10.7. The average Bonchev–Trinajstić information content (AvgIpc) is 3.18. The summed E-state index contributed by atoms with van der Waals surface area (Å²) in [5.41, 5.74) is 1.18. The number of amides is 1. The van der Waals surface area contributed by atoms with Crippen molar-refractivity contribution in [1.29, 1.82) is 0 Å². The quantitative estimate of drug-likeness (QED) is 0.890. The summed E-state index contributed by atoms with van der Waals surface area (Å²) in [5.74, 6) is 1.62. The molecule has 1 amide bonds. The highest BCUT2D eigenvalue weighted by molar-refractivity contribution is 7.12. The smallest absolute Gasteiger partial charge is 0.261 e. The van der Waals surface area contributed by atoms with Crippen LogP contribution in [0.2, 0.25) is 0 Å². The van der Waals surface area contributed by atoms with E-state index < -0.39 is 0 Å². The fourth-order valence-electron chi connectivity index (χ4n) is 2.87. The van der Waals surface area contributed by atoms with Crippen LogP contribution in [0.5, 0.6) is 0 Å². The van der Waals surface area contributed by atoms with Crippen LogP contribution in [-0.4, -0.2) is 40.4 Å². The van der Waals surface area contributed by atoms with Gasteiger partial charge in [0.1, 0.15) is 5.82 Å². The molecule has 2 aromatic heterocycles. The summed E-state index contributed by atoms with van der Waals surface area (Å²) in [6.07, 6.45) is 4.19. The number of rotatable bonds is 5. The third kappa shape index (κ3) is 3.96. The van der Waals surface area contributed by atoms with E-state index in [1.807, 2.05) is 30.6 Å². The number of hydrogen-bond donors (Lipinski definition) is 2. The number of nitrogens with zero attached hydrogens (tertiary/aromatic N) is 2. The third-order valence-corrected chi connectivity index (χ3v) is 5.02. The van der Waals surface area contributed by atoms with Crippen molar-refractivity contribution in [3.8, 4) is 0 Å². The maximum Gasteiger partial charge on any atom is 0.261 e. The highest BCUT2D eigenvalue weighted by Gasteiger charge is 2.20. The molecular weight excluding hydrogens is 296 g/mol. The van der Waals surface area contributed by atoms with Crippen LogP contribution in [0.3, 0.4) is 0 Å². The first kappa shape index (κ1) is 15.2. The molecule has 1 aliphatic heterocycles. The van der Waals surface area contributed by atoms with Crippen LogP contribution >= 0.6 is 11.3 Å². The number of carbonyl (C=O) groups is 1. The summed E-state index contributed by atoms with van der Waals surface area (Å²) in [6, 6.07) is 3.78. The van der Waals surface area contributed by atoms with Gasteiger partial charge in [0, 0.05) is 25.0 Å². The summed E-state index contributed by atoms with van der Waals surface area (Å²) in [5, 5.41) is 4.99. The summed E-state index contributed by atoms with van der Waals surface area (Å²) in [6.45, 7) is 5.87. The Hall–Kier alpha value is -1.66. The lowest BCUT2D eigenvalue weighted by molar-refractivity contribution is 0.0939. The summed E-state index contributed by atoms with van der Waals surface area (Å²) >= 11 is 1.49. The Bertz CT molecular complexity index is 599. The van der Waals surface area contributed by atoms with E-state index in [4.69, 9.17) is 0 Å². The van der Waals surface area contributed by atoms with Gasteiger partial charge in [-0.1, -0.05) is 6.07 Å². The Labute approximate surface area is 134 Å². The van der Waals surface area contributed by atoms with Gasteiger partial charge in [-0.05, 0) is 50.2 Å². The van der Waals surface area contributed by atoms with Crippen molar-refractivity contribution < 1.29 is 4.79 Å². The fraction of sp³-hybridized carbons (Fsp3) is 0.500. The molecule has 2 aromatic rings. The predicted molar refractivity (Wildman–Crippen MR) is 88.0 cm³/mol. The molecule has 0 bridgehead atoms. The molecule has 2 N–H and O–H groups in total. The molecule has 118 valence electrons. The molecule has 1 aliphatic rings. The fourth-order valence-corrected chi connectivity index (χ4v) is 3.51. The largest absolute Gasteiger partial charge is 0.351 e. The average molecular weight is 318 g/mol. The molecule has 5 nitrogen and oxygen atoms in total. The molecule has 0 spiro atoms. The zero-order valence-corrected chi connectivity index (χ0v) is 13.7. The first-order valence-electron chi connectivity index (χ1n) is 7.75.